The van der Waals surface area contributed by atoms with E-state index in [4.69, 9.17) is 4.74 Å². The zero-order valence-electron chi connectivity index (χ0n) is 12.0. The highest BCUT2D eigenvalue weighted by Crippen LogP contribution is 2.20. The Balaban J connectivity index is 1.69. The second-order valence-corrected chi connectivity index (χ2v) is 5.54. The number of hydrogen-bond acceptors (Lipinski definition) is 2. The van der Waals surface area contributed by atoms with E-state index in [0.717, 1.165) is 24.1 Å². The van der Waals surface area contributed by atoms with Gasteiger partial charge in [0, 0.05) is 17.8 Å². The van der Waals surface area contributed by atoms with Crippen LogP contribution in [0.4, 0.5) is 0 Å². The van der Waals surface area contributed by atoms with Crippen molar-refractivity contribution in [1.29, 1.82) is 0 Å². The van der Waals surface area contributed by atoms with E-state index < -0.39 is 0 Å². The van der Waals surface area contributed by atoms with Crippen molar-refractivity contribution in [3.63, 3.8) is 0 Å². The Morgan fingerprint density at radius 3 is 2.90 bits per heavy atom. The second kappa shape index (κ2) is 5.29. The average Bonchev–Trinajstić information content (AvgIpc) is 3.05. The molecule has 0 radical (unpaired) electrons. The molecular weight excluding hydrogens is 252 g/mol. The van der Waals surface area contributed by atoms with Gasteiger partial charge >= 0.3 is 0 Å². The largest absolute Gasteiger partial charge is 0.368 e. The van der Waals surface area contributed by atoms with E-state index in [-0.39, 0.29) is 12.0 Å². The van der Waals surface area contributed by atoms with Gasteiger partial charge in [-0.2, -0.15) is 0 Å². The quantitative estimate of drug-likeness (QED) is 0.902. The van der Waals surface area contributed by atoms with Crippen LogP contribution in [0.1, 0.15) is 29.7 Å². The third-order valence-electron chi connectivity index (χ3n) is 3.97. The van der Waals surface area contributed by atoms with E-state index in [1.165, 1.54) is 16.5 Å². The van der Waals surface area contributed by atoms with Crippen LogP contribution in [-0.4, -0.2) is 23.6 Å². The first-order chi connectivity index (χ1) is 9.63. The highest BCUT2D eigenvalue weighted by molar-refractivity contribution is 5.83. The topological polar surface area (TPSA) is 54.1 Å². The Bertz CT molecular complexity index is 600. The van der Waals surface area contributed by atoms with Crippen molar-refractivity contribution in [2.24, 2.45) is 0 Å². The molecule has 1 amide bonds. The van der Waals surface area contributed by atoms with Gasteiger partial charge in [0.25, 0.3) is 0 Å². The van der Waals surface area contributed by atoms with Crippen molar-refractivity contribution >= 4 is 16.8 Å². The van der Waals surface area contributed by atoms with Crippen molar-refractivity contribution in [3.05, 3.63) is 35.0 Å². The van der Waals surface area contributed by atoms with Gasteiger partial charge in [0.05, 0.1) is 6.54 Å². The molecule has 0 bridgehead atoms. The SMILES string of the molecule is Cc1cc2cc(CNC(=O)C3CCCO3)[nH]c2cc1C. The molecule has 1 saturated heterocycles. The number of nitrogens with one attached hydrogen (secondary N) is 2. The number of amides is 1. The molecule has 1 aliphatic rings. The lowest BCUT2D eigenvalue weighted by molar-refractivity contribution is -0.130. The summed E-state index contributed by atoms with van der Waals surface area (Å²) in [6.07, 6.45) is 1.55. The summed E-state index contributed by atoms with van der Waals surface area (Å²) in [4.78, 5) is 15.2. The molecular formula is C16H20N2O2. The monoisotopic (exact) mass is 272 g/mol. The van der Waals surface area contributed by atoms with E-state index in [0.29, 0.717) is 13.2 Å². The second-order valence-electron chi connectivity index (χ2n) is 5.54. The Morgan fingerprint density at radius 1 is 1.35 bits per heavy atom. The molecule has 3 rings (SSSR count). The molecule has 20 heavy (non-hydrogen) atoms. The number of fused-ring (bicyclic) bond motifs is 1. The molecule has 2 aromatic rings. The zero-order chi connectivity index (χ0) is 14.1. The van der Waals surface area contributed by atoms with Crippen LogP contribution in [0.3, 0.4) is 0 Å². The molecule has 0 aliphatic carbocycles. The number of aromatic amines is 1. The van der Waals surface area contributed by atoms with Crippen molar-refractivity contribution in [2.75, 3.05) is 6.61 Å². The fraction of sp³-hybridized carbons (Fsp3) is 0.438. The summed E-state index contributed by atoms with van der Waals surface area (Å²) in [6, 6.07) is 6.42. The number of benzene rings is 1. The van der Waals surface area contributed by atoms with E-state index in [1.807, 2.05) is 0 Å². The predicted octanol–water partition coefficient (Wildman–Crippen LogP) is 2.58. The van der Waals surface area contributed by atoms with Gasteiger partial charge < -0.3 is 15.0 Å². The number of H-pyrrole nitrogens is 1. The predicted molar refractivity (Wildman–Crippen MR) is 78.6 cm³/mol. The Hall–Kier alpha value is -1.81. The van der Waals surface area contributed by atoms with E-state index in [9.17, 15) is 4.79 Å². The maximum absolute atomic E-state index is 11.9. The number of aryl methyl sites for hydroxylation is 2. The summed E-state index contributed by atoms with van der Waals surface area (Å²) in [5, 5.41) is 4.13. The third kappa shape index (κ3) is 2.56. The summed E-state index contributed by atoms with van der Waals surface area (Å²) in [5.74, 6) is -0.00600. The summed E-state index contributed by atoms with van der Waals surface area (Å²) in [7, 11) is 0. The van der Waals surface area contributed by atoms with E-state index in [1.54, 1.807) is 0 Å². The van der Waals surface area contributed by atoms with Crippen LogP contribution >= 0.6 is 0 Å². The van der Waals surface area contributed by atoms with Crippen LogP contribution in [0.25, 0.3) is 10.9 Å². The first-order valence-electron chi connectivity index (χ1n) is 7.11. The molecule has 4 heteroatoms. The van der Waals surface area contributed by atoms with Gasteiger partial charge in [-0.1, -0.05) is 0 Å². The molecule has 0 spiro atoms. The molecule has 106 valence electrons. The molecule has 1 fully saturated rings. The van der Waals surface area contributed by atoms with Crippen LogP contribution < -0.4 is 5.32 Å². The summed E-state index contributed by atoms with van der Waals surface area (Å²) in [6.45, 7) is 5.43. The Labute approximate surface area is 118 Å². The molecule has 4 nitrogen and oxygen atoms in total. The highest BCUT2D eigenvalue weighted by Gasteiger charge is 2.23. The number of carbonyl (C=O) groups is 1. The van der Waals surface area contributed by atoms with Gasteiger partial charge in [0.1, 0.15) is 6.10 Å². The Morgan fingerprint density at radius 2 is 2.15 bits per heavy atom. The molecule has 2 heterocycles. The van der Waals surface area contributed by atoms with Gasteiger partial charge in [0.2, 0.25) is 5.91 Å². The minimum atomic E-state index is -0.260. The number of hydrogen-bond donors (Lipinski definition) is 2. The van der Waals surface area contributed by atoms with E-state index in [2.05, 4.69) is 42.3 Å². The van der Waals surface area contributed by atoms with Gasteiger partial charge in [-0.3, -0.25) is 4.79 Å². The fourth-order valence-corrected chi connectivity index (χ4v) is 2.64. The zero-order valence-corrected chi connectivity index (χ0v) is 12.0. The lowest BCUT2D eigenvalue weighted by Crippen LogP contribution is -2.33. The van der Waals surface area contributed by atoms with Crippen LogP contribution in [0.5, 0.6) is 0 Å². The fourth-order valence-electron chi connectivity index (χ4n) is 2.64. The molecule has 1 unspecified atom stereocenters. The van der Waals surface area contributed by atoms with Crippen molar-refractivity contribution < 1.29 is 9.53 Å². The summed E-state index contributed by atoms with van der Waals surface area (Å²) < 4.78 is 5.37. The van der Waals surface area contributed by atoms with Crippen LogP contribution in [0.2, 0.25) is 0 Å². The van der Waals surface area contributed by atoms with Crippen molar-refractivity contribution in [1.82, 2.24) is 10.3 Å². The minimum Gasteiger partial charge on any atom is -0.368 e. The average molecular weight is 272 g/mol. The Kier molecular flexibility index (Phi) is 3.49. The van der Waals surface area contributed by atoms with Gasteiger partial charge in [-0.15, -0.1) is 0 Å². The smallest absolute Gasteiger partial charge is 0.249 e. The number of carbonyl (C=O) groups excluding carboxylic acids is 1. The third-order valence-corrected chi connectivity index (χ3v) is 3.97. The van der Waals surface area contributed by atoms with Crippen molar-refractivity contribution in [3.8, 4) is 0 Å². The number of aromatic nitrogens is 1. The van der Waals surface area contributed by atoms with Gasteiger partial charge in [0.15, 0.2) is 0 Å². The molecule has 2 N–H and O–H groups in total. The lowest BCUT2D eigenvalue weighted by atomic mass is 10.1. The normalized spacial score (nSPS) is 18.6. The standard InChI is InChI=1S/C16H20N2O2/c1-10-6-12-8-13(18-14(12)7-11(10)2)9-17-16(19)15-4-3-5-20-15/h6-8,15,18H,3-5,9H2,1-2H3,(H,17,19). The first kappa shape index (κ1) is 13.2. The lowest BCUT2D eigenvalue weighted by Gasteiger charge is -2.09. The number of ether oxygens (including phenoxy) is 1. The number of rotatable bonds is 3. The molecule has 0 saturated carbocycles. The maximum atomic E-state index is 11.9. The molecule has 1 atom stereocenters. The van der Waals surface area contributed by atoms with Crippen LogP contribution in [0.15, 0.2) is 18.2 Å². The first-order valence-corrected chi connectivity index (χ1v) is 7.11. The van der Waals surface area contributed by atoms with Gasteiger partial charge in [-0.05, 0) is 61.4 Å². The summed E-state index contributed by atoms with van der Waals surface area (Å²) in [5.41, 5.74) is 4.70. The highest BCUT2D eigenvalue weighted by atomic mass is 16.5. The van der Waals surface area contributed by atoms with Crippen LogP contribution in [-0.2, 0) is 16.1 Å². The summed E-state index contributed by atoms with van der Waals surface area (Å²) >= 11 is 0. The van der Waals surface area contributed by atoms with Crippen LogP contribution in [0, 0.1) is 13.8 Å². The maximum Gasteiger partial charge on any atom is 0.249 e. The molecule has 1 aromatic carbocycles. The molecule has 1 aromatic heterocycles. The van der Waals surface area contributed by atoms with Crippen molar-refractivity contribution in [2.45, 2.75) is 39.3 Å². The molecule has 1 aliphatic heterocycles. The minimum absolute atomic E-state index is 0.00600. The van der Waals surface area contributed by atoms with E-state index >= 15 is 0 Å². The van der Waals surface area contributed by atoms with Gasteiger partial charge in [-0.25, -0.2) is 0 Å².